The molecule has 1 aliphatic rings. The van der Waals surface area contributed by atoms with E-state index in [0.29, 0.717) is 0 Å². The number of fused-ring (bicyclic) bond motifs is 3. The quantitative estimate of drug-likeness (QED) is 0.541. The Morgan fingerprint density at radius 3 is 2.70 bits per heavy atom. The van der Waals surface area contributed by atoms with Crippen molar-refractivity contribution in [3.8, 4) is 0 Å². The van der Waals surface area contributed by atoms with Crippen LogP contribution in [0, 0.1) is 0 Å². The molecule has 0 saturated heterocycles. The summed E-state index contributed by atoms with van der Waals surface area (Å²) < 4.78 is 0. The lowest BCUT2D eigenvalue weighted by molar-refractivity contribution is 0.699. The van der Waals surface area contributed by atoms with E-state index in [0.717, 1.165) is 22.3 Å². The number of benzene rings is 1. The molecule has 2 aromatic heterocycles. The molecule has 2 nitrogen and oxygen atoms in total. The SMILES string of the molecule is CCc1nc(Sc2ccc(Cl)cc2)c2c3c(sc2n1)CCCC3. The van der Waals surface area contributed by atoms with Gasteiger partial charge in [0, 0.05) is 26.6 Å². The van der Waals surface area contributed by atoms with Gasteiger partial charge in [-0.15, -0.1) is 11.3 Å². The predicted molar refractivity (Wildman–Crippen MR) is 99.0 cm³/mol. The smallest absolute Gasteiger partial charge is 0.131 e. The van der Waals surface area contributed by atoms with Crippen LogP contribution in [-0.2, 0) is 19.3 Å². The number of aryl methyl sites for hydroxylation is 3. The van der Waals surface area contributed by atoms with Gasteiger partial charge < -0.3 is 0 Å². The normalized spacial score (nSPS) is 14.2. The van der Waals surface area contributed by atoms with Gasteiger partial charge in [-0.3, -0.25) is 0 Å². The van der Waals surface area contributed by atoms with Gasteiger partial charge >= 0.3 is 0 Å². The molecule has 3 aromatic rings. The maximum atomic E-state index is 6.00. The molecule has 0 saturated carbocycles. The Morgan fingerprint density at radius 2 is 1.91 bits per heavy atom. The van der Waals surface area contributed by atoms with Gasteiger partial charge in [0.1, 0.15) is 15.7 Å². The Balaban J connectivity index is 1.85. The van der Waals surface area contributed by atoms with E-state index in [4.69, 9.17) is 21.6 Å². The van der Waals surface area contributed by atoms with Gasteiger partial charge in [-0.2, -0.15) is 0 Å². The standard InChI is InChI=1S/C18H17ClN2S2/c1-2-15-20-17(22-12-9-7-11(19)8-10-12)16-13-5-3-4-6-14(13)23-18(16)21-15/h7-10H,2-6H2,1H3. The summed E-state index contributed by atoms with van der Waals surface area (Å²) in [5, 5.41) is 3.17. The van der Waals surface area contributed by atoms with Crippen LogP contribution in [0.5, 0.6) is 0 Å². The molecule has 0 bridgehead atoms. The highest BCUT2D eigenvalue weighted by Crippen LogP contribution is 2.41. The van der Waals surface area contributed by atoms with Crippen LogP contribution in [0.25, 0.3) is 10.2 Å². The van der Waals surface area contributed by atoms with Crippen molar-refractivity contribution in [2.24, 2.45) is 0 Å². The van der Waals surface area contributed by atoms with Crippen molar-refractivity contribution in [3.05, 3.63) is 45.6 Å². The first-order valence-corrected chi connectivity index (χ1v) is 10.00. The van der Waals surface area contributed by atoms with Crippen LogP contribution in [0.4, 0.5) is 0 Å². The van der Waals surface area contributed by atoms with Crippen LogP contribution >= 0.6 is 34.7 Å². The van der Waals surface area contributed by atoms with Crippen molar-refractivity contribution in [1.82, 2.24) is 9.97 Å². The van der Waals surface area contributed by atoms with Crippen LogP contribution in [-0.4, -0.2) is 9.97 Å². The molecule has 1 aliphatic carbocycles. The first-order valence-electron chi connectivity index (χ1n) is 7.99. The Kier molecular flexibility index (Phi) is 4.31. The summed E-state index contributed by atoms with van der Waals surface area (Å²) in [4.78, 5) is 13.5. The molecule has 0 fully saturated rings. The number of aromatic nitrogens is 2. The van der Waals surface area contributed by atoms with Crippen LogP contribution in [0.15, 0.2) is 34.2 Å². The van der Waals surface area contributed by atoms with E-state index >= 15 is 0 Å². The van der Waals surface area contributed by atoms with Crippen LogP contribution in [0.2, 0.25) is 5.02 Å². The van der Waals surface area contributed by atoms with Crippen LogP contribution < -0.4 is 0 Å². The van der Waals surface area contributed by atoms with Gasteiger partial charge in [0.05, 0.1) is 0 Å². The summed E-state index contributed by atoms with van der Waals surface area (Å²) in [6.45, 7) is 2.12. The van der Waals surface area contributed by atoms with Crippen molar-refractivity contribution in [2.75, 3.05) is 0 Å². The number of nitrogens with zero attached hydrogens (tertiary/aromatic N) is 2. The highest BCUT2D eigenvalue weighted by Gasteiger charge is 2.21. The highest BCUT2D eigenvalue weighted by molar-refractivity contribution is 7.99. The molecule has 4 rings (SSSR count). The minimum Gasteiger partial charge on any atom is -0.225 e. The first-order chi connectivity index (χ1) is 11.2. The number of hydrogen-bond acceptors (Lipinski definition) is 4. The molecular weight excluding hydrogens is 344 g/mol. The monoisotopic (exact) mass is 360 g/mol. The summed E-state index contributed by atoms with van der Waals surface area (Å²) in [6.07, 6.45) is 5.81. The van der Waals surface area contributed by atoms with Gasteiger partial charge in [0.15, 0.2) is 0 Å². The highest BCUT2D eigenvalue weighted by atomic mass is 35.5. The molecular formula is C18H17ClN2S2. The van der Waals surface area contributed by atoms with Crippen molar-refractivity contribution < 1.29 is 0 Å². The molecule has 0 atom stereocenters. The number of thiophene rings is 1. The van der Waals surface area contributed by atoms with Crippen molar-refractivity contribution in [2.45, 2.75) is 48.9 Å². The molecule has 0 N–H and O–H groups in total. The molecule has 1 aromatic carbocycles. The molecule has 0 radical (unpaired) electrons. The molecule has 118 valence electrons. The Bertz CT molecular complexity index is 856. The molecule has 0 spiro atoms. The van der Waals surface area contributed by atoms with Crippen molar-refractivity contribution >= 4 is 44.9 Å². The zero-order valence-electron chi connectivity index (χ0n) is 12.9. The third-order valence-electron chi connectivity index (χ3n) is 4.17. The molecule has 2 heterocycles. The lowest BCUT2D eigenvalue weighted by Crippen LogP contribution is -2.00. The van der Waals surface area contributed by atoms with E-state index in [1.54, 1.807) is 11.8 Å². The summed E-state index contributed by atoms with van der Waals surface area (Å²) in [5.41, 5.74) is 1.50. The van der Waals surface area contributed by atoms with E-state index in [1.807, 2.05) is 23.5 Å². The fourth-order valence-electron chi connectivity index (χ4n) is 3.01. The van der Waals surface area contributed by atoms with E-state index in [2.05, 4.69) is 19.1 Å². The van der Waals surface area contributed by atoms with E-state index in [-0.39, 0.29) is 0 Å². The van der Waals surface area contributed by atoms with Gasteiger partial charge in [-0.05, 0) is 55.5 Å². The third kappa shape index (κ3) is 3.00. The Morgan fingerprint density at radius 1 is 1.13 bits per heavy atom. The Hall–Kier alpha value is -1.10. The van der Waals surface area contributed by atoms with Crippen LogP contribution in [0.1, 0.15) is 36.0 Å². The summed E-state index contributed by atoms with van der Waals surface area (Å²) in [5.74, 6) is 0.938. The lowest BCUT2D eigenvalue weighted by Gasteiger charge is -2.12. The second kappa shape index (κ2) is 6.42. The number of rotatable bonds is 3. The molecule has 0 amide bonds. The van der Waals surface area contributed by atoms with Gasteiger partial charge in [0.2, 0.25) is 0 Å². The molecule has 0 aliphatic heterocycles. The van der Waals surface area contributed by atoms with Crippen molar-refractivity contribution in [1.29, 1.82) is 0 Å². The lowest BCUT2D eigenvalue weighted by atomic mass is 9.97. The summed E-state index contributed by atoms with van der Waals surface area (Å²) in [7, 11) is 0. The van der Waals surface area contributed by atoms with E-state index in [1.165, 1.54) is 51.2 Å². The largest absolute Gasteiger partial charge is 0.225 e. The Labute approximate surface area is 149 Å². The van der Waals surface area contributed by atoms with Gasteiger partial charge in [-0.1, -0.05) is 30.3 Å². The topological polar surface area (TPSA) is 25.8 Å². The maximum absolute atomic E-state index is 6.00. The average Bonchev–Trinajstić information content (AvgIpc) is 2.95. The fourth-order valence-corrected chi connectivity index (χ4v) is 5.45. The predicted octanol–water partition coefficient (Wildman–Crippen LogP) is 5.94. The zero-order chi connectivity index (χ0) is 15.8. The minimum absolute atomic E-state index is 0.768. The minimum atomic E-state index is 0.768. The number of halogens is 1. The average molecular weight is 361 g/mol. The summed E-state index contributed by atoms with van der Waals surface area (Å²) >= 11 is 9.60. The van der Waals surface area contributed by atoms with Crippen LogP contribution in [0.3, 0.4) is 0 Å². The molecule has 23 heavy (non-hydrogen) atoms. The second-order valence-electron chi connectivity index (χ2n) is 5.75. The number of hydrogen-bond donors (Lipinski definition) is 0. The third-order valence-corrected chi connectivity index (χ3v) is 6.61. The zero-order valence-corrected chi connectivity index (χ0v) is 15.3. The van der Waals surface area contributed by atoms with E-state index < -0.39 is 0 Å². The molecule has 0 unspecified atom stereocenters. The molecule has 5 heteroatoms. The fraction of sp³-hybridized carbons (Fsp3) is 0.333. The second-order valence-corrected chi connectivity index (χ2v) is 8.33. The summed E-state index contributed by atoms with van der Waals surface area (Å²) in [6, 6.07) is 7.99. The van der Waals surface area contributed by atoms with Gasteiger partial charge in [0.25, 0.3) is 0 Å². The first kappa shape index (κ1) is 15.4. The van der Waals surface area contributed by atoms with E-state index in [9.17, 15) is 0 Å². The maximum Gasteiger partial charge on any atom is 0.131 e. The van der Waals surface area contributed by atoms with Gasteiger partial charge in [-0.25, -0.2) is 9.97 Å². The van der Waals surface area contributed by atoms with Crippen molar-refractivity contribution in [3.63, 3.8) is 0 Å².